The number of hydrogen-bond acceptors (Lipinski definition) is 3. The first kappa shape index (κ1) is 7.98. The summed E-state index contributed by atoms with van der Waals surface area (Å²) in [6, 6.07) is 0.186. The topological polar surface area (TPSA) is 44.5 Å². The highest BCUT2D eigenvalue weighted by Gasteiger charge is 2.24. The Bertz CT molecular complexity index is 108. The minimum Gasteiger partial charge on any atom is -0.356 e. The minimum absolute atomic E-state index is 0.0326. The van der Waals surface area contributed by atoms with Crippen LogP contribution in [0.25, 0.3) is 0 Å². The van der Waals surface area contributed by atoms with Gasteiger partial charge in [-0.15, -0.1) is 0 Å². The van der Waals surface area contributed by atoms with E-state index in [1.165, 1.54) is 0 Å². The lowest BCUT2D eigenvalue weighted by molar-refractivity contribution is -0.180. The summed E-state index contributed by atoms with van der Waals surface area (Å²) in [6.07, 6.45) is 2.02. The quantitative estimate of drug-likeness (QED) is 0.584. The van der Waals surface area contributed by atoms with Gasteiger partial charge in [0, 0.05) is 13.2 Å². The molecule has 1 heterocycles. The average molecular weight is 145 g/mol. The molecule has 1 aliphatic heterocycles. The molecule has 1 saturated heterocycles. The van der Waals surface area contributed by atoms with Gasteiger partial charge in [-0.25, -0.2) is 0 Å². The molecule has 0 aromatic heterocycles. The fraction of sp³-hybridized carbons (Fsp3) is 1.00. The van der Waals surface area contributed by atoms with Crippen molar-refractivity contribution in [1.82, 2.24) is 0 Å². The highest BCUT2D eigenvalue weighted by molar-refractivity contribution is 4.74. The molecule has 0 spiro atoms. The monoisotopic (exact) mass is 145 g/mol. The molecule has 1 unspecified atom stereocenters. The molecule has 0 radical (unpaired) electrons. The summed E-state index contributed by atoms with van der Waals surface area (Å²) in [5.74, 6) is 0. The summed E-state index contributed by atoms with van der Waals surface area (Å²) in [7, 11) is 1.66. The predicted molar refractivity (Wildman–Crippen MR) is 38.6 cm³/mol. The van der Waals surface area contributed by atoms with E-state index in [2.05, 4.69) is 0 Å². The van der Waals surface area contributed by atoms with Gasteiger partial charge in [-0.05, 0) is 19.8 Å². The lowest BCUT2D eigenvalue weighted by Crippen LogP contribution is -2.42. The van der Waals surface area contributed by atoms with Crippen molar-refractivity contribution in [2.75, 3.05) is 7.11 Å². The Morgan fingerprint density at radius 2 is 2.20 bits per heavy atom. The van der Waals surface area contributed by atoms with E-state index in [9.17, 15) is 0 Å². The van der Waals surface area contributed by atoms with E-state index >= 15 is 0 Å². The number of hydrogen-bond donors (Lipinski definition) is 1. The summed E-state index contributed by atoms with van der Waals surface area (Å²) in [5, 5.41) is 0. The Morgan fingerprint density at radius 3 is 2.70 bits per heavy atom. The zero-order chi connectivity index (χ0) is 7.56. The third-order valence-corrected chi connectivity index (χ3v) is 1.97. The van der Waals surface area contributed by atoms with Crippen molar-refractivity contribution in [3.05, 3.63) is 0 Å². The van der Waals surface area contributed by atoms with Crippen LogP contribution in [0.1, 0.15) is 19.8 Å². The van der Waals surface area contributed by atoms with E-state index in [1.807, 2.05) is 6.92 Å². The van der Waals surface area contributed by atoms with Crippen LogP contribution in [-0.2, 0) is 9.47 Å². The highest BCUT2D eigenvalue weighted by Crippen LogP contribution is 2.17. The van der Waals surface area contributed by atoms with E-state index in [0.717, 1.165) is 12.8 Å². The van der Waals surface area contributed by atoms with Gasteiger partial charge in [-0.3, -0.25) is 0 Å². The molecule has 0 aromatic carbocycles. The third-order valence-electron chi connectivity index (χ3n) is 1.97. The minimum atomic E-state index is -0.0326. The van der Waals surface area contributed by atoms with Crippen LogP contribution in [0.5, 0.6) is 0 Å². The first-order valence-electron chi connectivity index (χ1n) is 3.68. The number of rotatable bonds is 1. The van der Waals surface area contributed by atoms with Gasteiger partial charge in [-0.2, -0.15) is 0 Å². The molecule has 0 aromatic rings. The Labute approximate surface area is 61.5 Å². The zero-order valence-corrected chi connectivity index (χ0v) is 6.54. The van der Waals surface area contributed by atoms with E-state index in [4.69, 9.17) is 15.2 Å². The fourth-order valence-corrected chi connectivity index (χ4v) is 1.15. The van der Waals surface area contributed by atoms with Crippen molar-refractivity contribution < 1.29 is 9.47 Å². The van der Waals surface area contributed by atoms with Crippen molar-refractivity contribution in [3.63, 3.8) is 0 Å². The van der Waals surface area contributed by atoms with E-state index in [-0.39, 0.29) is 18.4 Å². The van der Waals surface area contributed by atoms with Crippen LogP contribution in [0, 0.1) is 0 Å². The van der Waals surface area contributed by atoms with Crippen LogP contribution < -0.4 is 5.73 Å². The van der Waals surface area contributed by atoms with E-state index in [0.29, 0.717) is 0 Å². The van der Waals surface area contributed by atoms with Crippen molar-refractivity contribution in [3.8, 4) is 0 Å². The van der Waals surface area contributed by atoms with Gasteiger partial charge in [0.2, 0.25) is 0 Å². The number of ether oxygens (including phenoxy) is 2. The summed E-state index contributed by atoms with van der Waals surface area (Å²) < 4.78 is 10.4. The molecule has 10 heavy (non-hydrogen) atoms. The van der Waals surface area contributed by atoms with Gasteiger partial charge in [-0.1, -0.05) is 0 Å². The van der Waals surface area contributed by atoms with Gasteiger partial charge in [0.05, 0.1) is 6.10 Å². The van der Waals surface area contributed by atoms with Gasteiger partial charge in [0.1, 0.15) is 0 Å². The van der Waals surface area contributed by atoms with E-state index < -0.39 is 0 Å². The molecule has 3 heteroatoms. The van der Waals surface area contributed by atoms with Crippen molar-refractivity contribution in [1.29, 1.82) is 0 Å². The lowest BCUT2D eigenvalue weighted by Gasteiger charge is -2.31. The molecule has 1 fully saturated rings. The largest absolute Gasteiger partial charge is 0.356 e. The highest BCUT2D eigenvalue weighted by atomic mass is 16.7. The summed E-state index contributed by atoms with van der Waals surface area (Å²) in [4.78, 5) is 0. The van der Waals surface area contributed by atoms with Crippen LogP contribution in [-0.4, -0.2) is 25.5 Å². The van der Waals surface area contributed by atoms with Crippen molar-refractivity contribution in [2.45, 2.75) is 38.2 Å². The van der Waals surface area contributed by atoms with E-state index in [1.54, 1.807) is 7.11 Å². The van der Waals surface area contributed by atoms with Gasteiger partial charge in [0.25, 0.3) is 0 Å². The maximum Gasteiger partial charge on any atom is 0.157 e. The molecular weight excluding hydrogens is 130 g/mol. The van der Waals surface area contributed by atoms with Crippen LogP contribution in [0.3, 0.4) is 0 Å². The van der Waals surface area contributed by atoms with Crippen LogP contribution in [0.15, 0.2) is 0 Å². The second-order valence-electron chi connectivity index (χ2n) is 2.75. The van der Waals surface area contributed by atoms with Crippen LogP contribution in [0.4, 0.5) is 0 Å². The second kappa shape index (κ2) is 3.32. The summed E-state index contributed by atoms with van der Waals surface area (Å²) >= 11 is 0. The predicted octanol–water partition coefficient (Wildman–Crippen LogP) is 0.485. The first-order valence-corrected chi connectivity index (χ1v) is 3.68. The Balaban J connectivity index is 2.33. The van der Waals surface area contributed by atoms with Crippen molar-refractivity contribution in [2.24, 2.45) is 5.73 Å². The van der Waals surface area contributed by atoms with Gasteiger partial charge >= 0.3 is 0 Å². The molecule has 0 saturated carbocycles. The first-order chi connectivity index (χ1) is 4.74. The number of nitrogens with two attached hydrogens (primary N) is 1. The molecule has 60 valence electrons. The maximum absolute atomic E-state index is 5.71. The molecule has 3 atom stereocenters. The van der Waals surface area contributed by atoms with Crippen LogP contribution in [0.2, 0.25) is 0 Å². The smallest absolute Gasteiger partial charge is 0.157 e. The Hall–Kier alpha value is -0.120. The molecule has 2 N–H and O–H groups in total. The van der Waals surface area contributed by atoms with Crippen molar-refractivity contribution >= 4 is 0 Å². The third kappa shape index (κ3) is 1.68. The normalized spacial score (nSPS) is 41.7. The molecule has 0 amide bonds. The number of methoxy groups -OCH3 is 1. The average Bonchev–Trinajstić information content (AvgIpc) is 1.95. The lowest BCUT2D eigenvalue weighted by atomic mass is 10.0. The Morgan fingerprint density at radius 1 is 1.50 bits per heavy atom. The molecule has 0 bridgehead atoms. The zero-order valence-electron chi connectivity index (χ0n) is 6.54. The standard InChI is InChI=1S/C7H15NO2/c1-5-6(8)3-4-7(9-2)10-5/h5-7H,3-4,8H2,1-2H3/t5?,6-,7+/m1/s1. The summed E-state index contributed by atoms with van der Waals surface area (Å²) in [5.41, 5.74) is 5.71. The van der Waals surface area contributed by atoms with Gasteiger partial charge < -0.3 is 15.2 Å². The fourth-order valence-electron chi connectivity index (χ4n) is 1.15. The second-order valence-corrected chi connectivity index (χ2v) is 2.75. The SMILES string of the molecule is CO[C@@H]1CC[C@@H](N)C(C)O1. The molecular formula is C7H15NO2. The van der Waals surface area contributed by atoms with Crippen LogP contribution >= 0.6 is 0 Å². The molecule has 1 aliphatic rings. The van der Waals surface area contributed by atoms with Gasteiger partial charge in [0.15, 0.2) is 6.29 Å². The summed E-state index contributed by atoms with van der Waals surface area (Å²) in [6.45, 7) is 1.98. The molecule has 0 aliphatic carbocycles. The maximum atomic E-state index is 5.71. The molecule has 3 nitrogen and oxygen atoms in total. The molecule has 1 rings (SSSR count). The Kier molecular flexibility index (Phi) is 2.65.